The molecule has 7 saturated carbocycles. The second-order valence-corrected chi connectivity index (χ2v) is 30.6. The lowest BCUT2D eigenvalue weighted by Gasteiger charge is -2.52. The topological polar surface area (TPSA) is 107 Å². The molecule has 2 N–H and O–H groups in total. The lowest BCUT2D eigenvalue weighted by molar-refractivity contribution is -0.141. The van der Waals surface area contributed by atoms with E-state index in [0.29, 0.717) is 41.5 Å². The first-order chi connectivity index (χ1) is 35.8. The van der Waals surface area contributed by atoms with Gasteiger partial charge >= 0.3 is 11.9 Å². The number of hydrogen-bond acceptors (Lipinski definition) is 10. The van der Waals surface area contributed by atoms with Gasteiger partial charge in [0.2, 0.25) is 0 Å². The van der Waals surface area contributed by atoms with E-state index in [4.69, 9.17) is 15.4 Å². The van der Waals surface area contributed by atoms with E-state index in [0.717, 1.165) is 98.8 Å². The van der Waals surface area contributed by atoms with Crippen LogP contribution < -0.4 is 5.73 Å². The summed E-state index contributed by atoms with van der Waals surface area (Å²) in [5.41, 5.74) is 9.84. The minimum absolute atomic E-state index is 0.305. The van der Waals surface area contributed by atoms with Crippen molar-refractivity contribution in [2.24, 2.45) is 93.0 Å². The molecule has 422 valence electrons. The Morgan fingerprint density at radius 1 is 0.595 bits per heavy atom. The molecule has 8 aliphatic rings. The van der Waals surface area contributed by atoms with Crippen LogP contribution in [0.15, 0.2) is 10.3 Å². The Bertz CT molecular complexity index is 1780. The van der Waals surface area contributed by atoms with Gasteiger partial charge in [0.25, 0.3) is 0 Å². The summed E-state index contributed by atoms with van der Waals surface area (Å²) in [5, 5.41) is 11.9. The van der Waals surface area contributed by atoms with Crippen LogP contribution in [0, 0.1) is 76.9 Å². The largest absolute Gasteiger partial charge is 0.331 e. The van der Waals surface area contributed by atoms with E-state index >= 15 is 0 Å². The molecule has 1 saturated heterocycles. The Kier molecular flexibility index (Phi) is 23.0. The highest BCUT2D eigenvalue weighted by Gasteiger charge is 2.59. The van der Waals surface area contributed by atoms with Gasteiger partial charge in [-0.05, 0) is 232 Å². The standard InChI is InChI=1S/C64H110N4O4S2/c1-9-11-14-45(10-2)40-68-62-34-25-50(63(65)49-23-32-55(33-24-49)74-54-30-21-48(22-31-54)61(36-42(5)6)67-72-44(8)70)38-58(62)59-39-51(56-15-12-13-16-57(56)64(59)68)37-46-17-26-52(27-18-46)73-53-28-19-47(20-29-53)60(35-41(3)4)66-71-43(7)69/h41-42,45-59,62-64H,9-40,65H2,1-8H3. The van der Waals surface area contributed by atoms with Crippen molar-refractivity contribution in [3.05, 3.63) is 0 Å². The third kappa shape index (κ3) is 16.1. The molecule has 0 radical (unpaired) electrons. The molecule has 0 aromatic heterocycles. The average molecular weight is 1060 g/mol. The fourth-order valence-electron chi connectivity index (χ4n) is 17.7. The molecule has 1 heterocycles. The van der Waals surface area contributed by atoms with Gasteiger partial charge in [-0.15, -0.1) is 0 Å². The van der Waals surface area contributed by atoms with E-state index in [1.54, 1.807) is 0 Å². The van der Waals surface area contributed by atoms with Crippen molar-refractivity contribution < 1.29 is 19.3 Å². The molecule has 0 aromatic carbocycles. The monoisotopic (exact) mass is 1060 g/mol. The number of fused-ring (bicyclic) bond motifs is 5. The van der Waals surface area contributed by atoms with E-state index < -0.39 is 0 Å². The SMILES string of the molecule is CCCCC(CC)CN1C2CCC(C(N)C3CCC(SC4CCC(C(CC(C)C)=NOC(C)=O)CC4)CC3)CC2C2CC(CC3CCC(SC4CCC(C(CC(C)C)=NOC(C)=O)CC4)CC3)C3CCCCC3C21. The van der Waals surface area contributed by atoms with E-state index in [2.05, 4.69) is 80.3 Å². The van der Waals surface area contributed by atoms with Crippen molar-refractivity contribution in [3.8, 4) is 0 Å². The summed E-state index contributed by atoms with van der Waals surface area (Å²) >= 11 is 4.68. The minimum Gasteiger partial charge on any atom is -0.327 e. The van der Waals surface area contributed by atoms with Gasteiger partial charge in [0, 0.05) is 71.4 Å². The number of nitrogens with zero attached hydrogens (tertiary/aromatic N) is 3. The van der Waals surface area contributed by atoms with Crippen LogP contribution in [0.3, 0.4) is 0 Å². The number of hydrogen-bond donors (Lipinski definition) is 1. The van der Waals surface area contributed by atoms with Crippen LogP contribution in [0.25, 0.3) is 0 Å². The van der Waals surface area contributed by atoms with Gasteiger partial charge < -0.3 is 15.4 Å². The Morgan fingerprint density at radius 3 is 1.59 bits per heavy atom. The van der Waals surface area contributed by atoms with Crippen molar-refractivity contribution in [2.75, 3.05) is 6.54 Å². The number of thioether (sulfide) groups is 2. The smallest absolute Gasteiger partial charge is 0.327 e. The van der Waals surface area contributed by atoms with Gasteiger partial charge in [0.05, 0.1) is 11.4 Å². The highest BCUT2D eigenvalue weighted by Crippen LogP contribution is 2.60. The molecule has 8 nitrogen and oxygen atoms in total. The van der Waals surface area contributed by atoms with Gasteiger partial charge in [-0.1, -0.05) is 84.0 Å². The normalized spacial score (nSPS) is 38.2. The fraction of sp³-hybridized carbons (Fsp3) is 0.938. The van der Waals surface area contributed by atoms with E-state index in [1.807, 2.05) is 0 Å². The Morgan fingerprint density at radius 2 is 1.09 bits per heavy atom. The van der Waals surface area contributed by atoms with Crippen LogP contribution in [0.2, 0.25) is 0 Å². The molecular weight excluding hydrogens is 953 g/mol. The minimum atomic E-state index is -0.311. The summed E-state index contributed by atoms with van der Waals surface area (Å²) in [7, 11) is 0. The Labute approximate surface area is 461 Å². The Balaban J connectivity index is 0.854. The first kappa shape index (κ1) is 59.0. The van der Waals surface area contributed by atoms with Gasteiger partial charge in [0.15, 0.2) is 0 Å². The van der Waals surface area contributed by atoms with Crippen molar-refractivity contribution in [1.82, 2.24) is 4.90 Å². The molecule has 10 unspecified atom stereocenters. The number of carbonyl (C=O) groups is 2. The first-order valence-corrected chi connectivity index (χ1v) is 34.0. The zero-order valence-electron chi connectivity index (χ0n) is 48.5. The zero-order chi connectivity index (χ0) is 52.3. The van der Waals surface area contributed by atoms with E-state index in [9.17, 15) is 9.59 Å². The fourth-order valence-corrected chi connectivity index (χ4v) is 20.9. The maximum absolute atomic E-state index is 11.6. The lowest BCUT2D eigenvalue weighted by atomic mass is 9.56. The van der Waals surface area contributed by atoms with Gasteiger partial charge in [-0.25, -0.2) is 9.59 Å². The molecule has 0 amide bonds. The van der Waals surface area contributed by atoms with Crippen LogP contribution in [0.4, 0.5) is 0 Å². The number of carbonyl (C=O) groups excluding carboxylic acids is 2. The molecule has 74 heavy (non-hydrogen) atoms. The number of likely N-dealkylation sites (tertiary alicyclic amines) is 1. The third-order valence-corrected chi connectivity index (χ3v) is 24.7. The summed E-state index contributed by atoms with van der Waals surface area (Å²) in [6, 6.07) is 2.01. The van der Waals surface area contributed by atoms with Crippen LogP contribution in [0.1, 0.15) is 254 Å². The molecule has 8 rings (SSSR count). The van der Waals surface area contributed by atoms with E-state index in [1.165, 1.54) is 207 Å². The molecule has 10 heteroatoms. The predicted octanol–water partition coefficient (Wildman–Crippen LogP) is 16.5. The summed E-state index contributed by atoms with van der Waals surface area (Å²) in [4.78, 5) is 36.8. The van der Waals surface area contributed by atoms with Gasteiger partial charge in [-0.3, -0.25) is 4.90 Å². The van der Waals surface area contributed by atoms with Crippen molar-refractivity contribution >= 4 is 46.9 Å². The van der Waals surface area contributed by atoms with Gasteiger partial charge in [0.1, 0.15) is 0 Å². The maximum atomic E-state index is 11.6. The molecule has 8 fully saturated rings. The van der Waals surface area contributed by atoms with Crippen molar-refractivity contribution in [1.29, 1.82) is 0 Å². The molecule has 0 spiro atoms. The van der Waals surface area contributed by atoms with Gasteiger partial charge in [-0.2, -0.15) is 23.5 Å². The molecule has 0 aromatic rings. The second-order valence-electron chi connectivity index (χ2n) is 27.4. The second kappa shape index (κ2) is 28.9. The number of unbranched alkanes of at least 4 members (excludes halogenated alkanes) is 1. The third-order valence-electron chi connectivity index (χ3n) is 21.3. The summed E-state index contributed by atoms with van der Waals surface area (Å²) < 4.78 is 0. The number of rotatable bonds is 22. The number of nitrogens with two attached hydrogens (primary N) is 1. The average Bonchev–Trinajstić information content (AvgIpc) is 3.71. The van der Waals surface area contributed by atoms with Crippen LogP contribution >= 0.6 is 23.5 Å². The van der Waals surface area contributed by atoms with Crippen molar-refractivity contribution in [2.45, 2.75) is 294 Å². The molecule has 1 aliphatic heterocycles. The molecular formula is C64H110N4O4S2. The molecule has 7 aliphatic carbocycles. The lowest BCUT2D eigenvalue weighted by Crippen LogP contribution is -2.52. The summed E-state index contributed by atoms with van der Waals surface area (Å²) in [6.07, 6.45) is 41.5. The van der Waals surface area contributed by atoms with Crippen LogP contribution in [-0.4, -0.2) is 73.9 Å². The summed E-state index contributed by atoms with van der Waals surface area (Å²) in [5.74, 6) is 9.12. The van der Waals surface area contributed by atoms with E-state index in [-0.39, 0.29) is 11.9 Å². The zero-order valence-corrected chi connectivity index (χ0v) is 50.2. The molecule has 0 bridgehead atoms. The van der Waals surface area contributed by atoms with Crippen LogP contribution in [-0.2, 0) is 19.3 Å². The molecule has 10 atom stereocenters. The quantitative estimate of drug-likeness (QED) is 0.0649. The van der Waals surface area contributed by atoms with Crippen LogP contribution in [0.5, 0.6) is 0 Å². The first-order valence-electron chi connectivity index (χ1n) is 32.1. The van der Waals surface area contributed by atoms with Crippen molar-refractivity contribution in [3.63, 3.8) is 0 Å². The Hall–Kier alpha value is -1.10. The number of oxime groups is 2. The summed E-state index contributed by atoms with van der Waals surface area (Å²) in [6.45, 7) is 18.2. The highest BCUT2D eigenvalue weighted by molar-refractivity contribution is 8.00. The maximum Gasteiger partial charge on any atom is 0.331 e. The highest BCUT2D eigenvalue weighted by atomic mass is 32.2. The predicted molar refractivity (Wildman–Crippen MR) is 314 cm³/mol.